The summed E-state index contributed by atoms with van der Waals surface area (Å²) >= 11 is 0. The molecule has 1 N–H and O–H groups in total. The molecule has 25 heavy (non-hydrogen) atoms. The predicted molar refractivity (Wildman–Crippen MR) is 100 cm³/mol. The molecule has 130 valence electrons. The molecule has 2 aromatic rings. The quantitative estimate of drug-likeness (QED) is 0.825. The SMILES string of the molecule is [C-]#[N+]c1ccc(N2CCC(O)(CCOc3ccccc3)CC2)cc1C. The van der Waals surface area contributed by atoms with Crippen molar-refractivity contribution in [1.29, 1.82) is 0 Å². The van der Waals surface area contributed by atoms with Gasteiger partial charge < -0.3 is 14.7 Å². The molecule has 3 rings (SSSR count). The minimum Gasteiger partial charge on any atom is -0.493 e. The van der Waals surface area contributed by atoms with E-state index in [4.69, 9.17) is 11.3 Å². The normalized spacial score (nSPS) is 16.3. The number of aryl methyl sites for hydroxylation is 1. The summed E-state index contributed by atoms with van der Waals surface area (Å²) in [5.74, 6) is 0.846. The van der Waals surface area contributed by atoms with Crippen molar-refractivity contribution < 1.29 is 9.84 Å². The van der Waals surface area contributed by atoms with E-state index in [0.29, 0.717) is 18.7 Å². The maximum atomic E-state index is 10.8. The first-order valence-corrected chi connectivity index (χ1v) is 8.73. The third-order valence-corrected chi connectivity index (χ3v) is 4.94. The van der Waals surface area contributed by atoms with Gasteiger partial charge in [-0.25, -0.2) is 4.85 Å². The lowest BCUT2D eigenvalue weighted by molar-refractivity contribution is -0.00267. The maximum absolute atomic E-state index is 10.8. The summed E-state index contributed by atoms with van der Waals surface area (Å²) in [4.78, 5) is 5.80. The minimum atomic E-state index is -0.656. The number of para-hydroxylation sites is 1. The van der Waals surface area contributed by atoms with Gasteiger partial charge in [0.1, 0.15) is 5.75 Å². The average molecular weight is 336 g/mol. The van der Waals surface area contributed by atoms with Gasteiger partial charge in [-0.15, -0.1) is 0 Å². The average Bonchev–Trinajstić information content (AvgIpc) is 2.63. The number of rotatable bonds is 5. The van der Waals surface area contributed by atoms with Crippen molar-refractivity contribution in [2.45, 2.75) is 31.8 Å². The standard InChI is InChI=1S/C21H24N2O2/c1-17-16-18(8-9-20(17)22-2)23-13-10-21(24,11-14-23)12-15-25-19-6-4-3-5-7-19/h3-9,16,24H,10-15H2,1H3. The molecular weight excluding hydrogens is 312 g/mol. The first-order chi connectivity index (χ1) is 12.1. The molecule has 0 saturated carbocycles. The molecule has 0 spiro atoms. The lowest BCUT2D eigenvalue weighted by atomic mass is 9.88. The monoisotopic (exact) mass is 336 g/mol. The Morgan fingerprint density at radius 2 is 1.88 bits per heavy atom. The molecule has 4 nitrogen and oxygen atoms in total. The summed E-state index contributed by atoms with van der Waals surface area (Å²) in [6.07, 6.45) is 2.11. The molecule has 4 heteroatoms. The van der Waals surface area contributed by atoms with Crippen LogP contribution in [-0.4, -0.2) is 30.4 Å². The number of benzene rings is 2. The van der Waals surface area contributed by atoms with E-state index in [0.717, 1.165) is 42.9 Å². The molecule has 1 aliphatic heterocycles. The van der Waals surface area contributed by atoms with Crippen LogP contribution in [0.3, 0.4) is 0 Å². The van der Waals surface area contributed by atoms with E-state index in [1.165, 1.54) is 0 Å². The van der Waals surface area contributed by atoms with Gasteiger partial charge in [-0.1, -0.05) is 24.3 Å². The van der Waals surface area contributed by atoms with Crippen LogP contribution >= 0.6 is 0 Å². The van der Waals surface area contributed by atoms with Gasteiger partial charge in [-0.3, -0.25) is 0 Å². The Kier molecular flexibility index (Phi) is 5.25. The summed E-state index contributed by atoms with van der Waals surface area (Å²) in [6, 6.07) is 15.7. The van der Waals surface area contributed by atoms with Crippen LogP contribution in [0.25, 0.3) is 4.85 Å². The number of hydrogen-bond donors (Lipinski definition) is 1. The van der Waals surface area contributed by atoms with Gasteiger partial charge in [-0.2, -0.15) is 0 Å². The van der Waals surface area contributed by atoms with Crippen molar-refractivity contribution >= 4 is 11.4 Å². The number of hydrogen-bond acceptors (Lipinski definition) is 3. The molecule has 0 atom stereocenters. The molecule has 0 radical (unpaired) electrons. The second-order valence-electron chi connectivity index (χ2n) is 6.71. The van der Waals surface area contributed by atoms with Gasteiger partial charge in [0.2, 0.25) is 0 Å². The van der Waals surface area contributed by atoms with E-state index in [1.54, 1.807) is 0 Å². The molecule has 0 amide bonds. The number of nitrogens with zero attached hydrogens (tertiary/aromatic N) is 2. The van der Waals surface area contributed by atoms with Gasteiger partial charge in [0.15, 0.2) is 5.69 Å². The summed E-state index contributed by atoms with van der Waals surface area (Å²) in [5, 5.41) is 10.8. The van der Waals surface area contributed by atoms with Crippen molar-refractivity contribution in [2.24, 2.45) is 0 Å². The Bertz CT molecular complexity index is 744. The highest BCUT2D eigenvalue weighted by atomic mass is 16.5. The van der Waals surface area contributed by atoms with E-state index in [2.05, 4.69) is 15.8 Å². The van der Waals surface area contributed by atoms with Crippen LogP contribution in [0.5, 0.6) is 5.75 Å². The maximum Gasteiger partial charge on any atom is 0.190 e. The fraction of sp³-hybridized carbons (Fsp3) is 0.381. The Balaban J connectivity index is 1.52. The van der Waals surface area contributed by atoms with Crippen molar-refractivity contribution in [3.63, 3.8) is 0 Å². The van der Waals surface area contributed by atoms with Gasteiger partial charge >= 0.3 is 0 Å². The zero-order valence-corrected chi connectivity index (χ0v) is 14.6. The van der Waals surface area contributed by atoms with Gasteiger partial charge in [0.05, 0.1) is 18.8 Å². The summed E-state index contributed by atoms with van der Waals surface area (Å²) < 4.78 is 5.72. The largest absolute Gasteiger partial charge is 0.493 e. The molecule has 0 aliphatic carbocycles. The van der Waals surface area contributed by atoms with Crippen molar-refractivity contribution in [2.75, 3.05) is 24.6 Å². The molecule has 0 aromatic heterocycles. The van der Waals surface area contributed by atoms with E-state index in [1.807, 2.05) is 49.4 Å². The zero-order valence-electron chi connectivity index (χ0n) is 14.6. The van der Waals surface area contributed by atoms with Crippen LogP contribution in [0.15, 0.2) is 48.5 Å². The fourth-order valence-corrected chi connectivity index (χ4v) is 3.27. The van der Waals surface area contributed by atoms with Crippen molar-refractivity contribution in [3.05, 3.63) is 65.5 Å². The van der Waals surface area contributed by atoms with Crippen molar-refractivity contribution in [1.82, 2.24) is 0 Å². The van der Waals surface area contributed by atoms with Gasteiger partial charge in [0.25, 0.3) is 0 Å². The second-order valence-corrected chi connectivity index (χ2v) is 6.71. The predicted octanol–water partition coefficient (Wildman–Crippen LogP) is 4.35. The summed E-state index contributed by atoms with van der Waals surface area (Å²) in [7, 11) is 0. The number of anilines is 1. The van der Waals surface area contributed by atoms with E-state index >= 15 is 0 Å². The van der Waals surface area contributed by atoms with Crippen LogP contribution in [0, 0.1) is 13.5 Å². The van der Waals surface area contributed by atoms with Gasteiger partial charge in [0, 0.05) is 25.2 Å². The summed E-state index contributed by atoms with van der Waals surface area (Å²) in [5.41, 5.74) is 2.18. The number of aliphatic hydroxyl groups is 1. The molecule has 2 aromatic carbocycles. The van der Waals surface area contributed by atoms with Crippen LogP contribution in [0.1, 0.15) is 24.8 Å². The molecule has 1 fully saturated rings. The minimum absolute atomic E-state index is 0.527. The van der Waals surface area contributed by atoms with Crippen molar-refractivity contribution in [3.8, 4) is 5.75 Å². The molecule has 0 bridgehead atoms. The van der Waals surface area contributed by atoms with Crippen LogP contribution < -0.4 is 9.64 Å². The summed E-state index contributed by atoms with van der Waals surface area (Å²) in [6.45, 7) is 11.3. The zero-order chi connectivity index (χ0) is 17.7. The third-order valence-electron chi connectivity index (χ3n) is 4.94. The van der Waals surface area contributed by atoms with E-state index < -0.39 is 5.60 Å². The first kappa shape index (κ1) is 17.3. The van der Waals surface area contributed by atoms with Crippen LogP contribution in [0.4, 0.5) is 11.4 Å². The Labute approximate surface area is 149 Å². The fourth-order valence-electron chi connectivity index (χ4n) is 3.27. The smallest absolute Gasteiger partial charge is 0.190 e. The molecule has 1 saturated heterocycles. The molecule has 1 aliphatic rings. The lowest BCUT2D eigenvalue weighted by Gasteiger charge is -2.39. The highest BCUT2D eigenvalue weighted by Crippen LogP contribution is 2.31. The second kappa shape index (κ2) is 7.58. The Morgan fingerprint density at radius 1 is 1.16 bits per heavy atom. The van der Waals surface area contributed by atoms with E-state index in [-0.39, 0.29) is 0 Å². The molecular formula is C21H24N2O2. The van der Waals surface area contributed by atoms with Gasteiger partial charge in [-0.05, 0) is 49.6 Å². The highest BCUT2D eigenvalue weighted by molar-refractivity contribution is 5.61. The van der Waals surface area contributed by atoms with Crippen LogP contribution in [0.2, 0.25) is 0 Å². The first-order valence-electron chi connectivity index (χ1n) is 8.73. The third kappa shape index (κ3) is 4.32. The Hall–Kier alpha value is -2.51. The molecule has 0 unspecified atom stereocenters. The van der Waals surface area contributed by atoms with Crippen LogP contribution in [-0.2, 0) is 0 Å². The highest BCUT2D eigenvalue weighted by Gasteiger charge is 2.32. The lowest BCUT2D eigenvalue weighted by Crippen LogP contribution is -2.45. The topological polar surface area (TPSA) is 37.1 Å². The number of piperidine rings is 1. The molecule has 1 heterocycles. The number of ether oxygens (including phenoxy) is 1. The Morgan fingerprint density at radius 3 is 2.52 bits per heavy atom. The van der Waals surface area contributed by atoms with E-state index in [9.17, 15) is 5.11 Å².